The first-order chi connectivity index (χ1) is 8.27. The summed E-state index contributed by atoms with van der Waals surface area (Å²) >= 11 is 0. The largest absolute Gasteiger partial charge is 0.492 e. The van der Waals surface area contributed by atoms with E-state index < -0.39 is 0 Å². The predicted octanol–water partition coefficient (Wildman–Crippen LogP) is 3.88. The van der Waals surface area contributed by atoms with Crippen LogP contribution in [0.1, 0.15) is 65.6 Å². The highest BCUT2D eigenvalue weighted by molar-refractivity contribution is 5.32. The molecule has 0 saturated carbocycles. The Morgan fingerprint density at radius 3 is 2.33 bits per heavy atom. The minimum atomic E-state index is -0.0736. The maximum absolute atomic E-state index is 10.1. The third kappa shape index (κ3) is 3.50. The molecule has 0 aliphatic carbocycles. The molecule has 0 spiro atoms. The van der Waals surface area contributed by atoms with Crippen LogP contribution in [0.5, 0.6) is 5.88 Å². The molecule has 3 heteroatoms. The van der Waals surface area contributed by atoms with Crippen LogP contribution >= 0.6 is 0 Å². The van der Waals surface area contributed by atoms with Crippen molar-refractivity contribution in [3.8, 4) is 5.88 Å². The Bertz CT molecular complexity index is 386. The smallest absolute Gasteiger partial charge is 0.233 e. The van der Waals surface area contributed by atoms with Crippen LogP contribution in [0.15, 0.2) is 0 Å². The van der Waals surface area contributed by atoms with Crippen LogP contribution in [-0.2, 0) is 18.4 Å². The fraction of sp³-hybridized carbons (Fsp3) is 0.800. The third-order valence-electron chi connectivity index (χ3n) is 3.08. The number of hydrogen-bond donors (Lipinski definition) is 1. The molecule has 0 atom stereocenters. The van der Waals surface area contributed by atoms with Crippen LogP contribution in [0.2, 0.25) is 0 Å². The molecule has 104 valence electrons. The minimum Gasteiger partial charge on any atom is -0.492 e. The molecule has 1 aromatic rings. The van der Waals surface area contributed by atoms with Gasteiger partial charge in [0.1, 0.15) is 0 Å². The van der Waals surface area contributed by atoms with Gasteiger partial charge in [-0.05, 0) is 46.0 Å². The molecule has 0 aromatic carbocycles. The summed E-state index contributed by atoms with van der Waals surface area (Å²) in [5.41, 5.74) is 2.19. The average molecular weight is 252 g/mol. The monoisotopic (exact) mass is 252 g/mol. The molecule has 0 saturated heterocycles. The van der Waals surface area contributed by atoms with E-state index in [2.05, 4.69) is 46.6 Å². The number of aromatic hydroxyl groups is 1. The third-order valence-corrected chi connectivity index (χ3v) is 3.08. The van der Waals surface area contributed by atoms with Gasteiger partial charge < -0.3 is 5.11 Å². The fourth-order valence-electron chi connectivity index (χ4n) is 2.25. The first-order valence-corrected chi connectivity index (χ1v) is 7.07. The van der Waals surface area contributed by atoms with E-state index in [1.807, 2.05) is 4.68 Å². The lowest BCUT2D eigenvalue weighted by Gasteiger charge is -2.23. The van der Waals surface area contributed by atoms with E-state index in [0.717, 1.165) is 31.2 Å². The van der Waals surface area contributed by atoms with E-state index >= 15 is 0 Å². The molecule has 0 amide bonds. The lowest BCUT2D eigenvalue weighted by Crippen LogP contribution is -2.25. The molecule has 0 unspecified atom stereocenters. The van der Waals surface area contributed by atoms with E-state index in [0.29, 0.717) is 5.92 Å². The fourth-order valence-corrected chi connectivity index (χ4v) is 2.25. The molecule has 1 rings (SSSR count). The molecule has 3 nitrogen and oxygen atoms in total. The first-order valence-electron chi connectivity index (χ1n) is 7.07. The highest BCUT2D eigenvalue weighted by Gasteiger charge is 2.24. The van der Waals surface area contributed by atoms with Crippen molar-refractivity contribution in [1.29, 1.82) is 0 Å². The Hall–Kier alpha value is -0.990. The van der Waals surface area contributed by atoms with Crippen molar-refractivity contribution in [3.63, 3.8) is 0 Å². The van der Waals surface area contributed by atoms with Crippen LogP contribution in [0.3, 0.4) is 0 Å². The second-order valence-electron chi connectivity index (χ2n) is 6.53. The van der Waals surface area contributed by atoms with Gasteiger partial charge in [0.05, 0.1) is 5.54 Å². The second-order valence-corrected chi connectivity index (χ2v) is 6.53. The van der Waals surface area contributed by atoms with Gasteiger partial charge in [0, 0.05) is 11.3 Å². The zero-order chi connectivity index (χ0) is 13.9. The quantitative estimate of drug-likeness (QED) is 0.863. The summed E-state index contributed by atoms with van der Waals surface area (Å²) < 4.78 is 2.01. The Morgan fingerprint density at radius 2 is 1.89 bits per heavy atom. The highest BCUT2D eigenvalue weighted by atomic mass is 16.3. The molecule has 1 N–H and O–H groups in total. The van der Waals surface area contributed by atoms with Crippen LogP contribution in [0.4, 0.5) is 0 Å². The maximum Gasteiger partial charge on any atom is 0.233 e. The van der Waals surface area contributed by atoms with Gasteiger partial charge >= 0.3 is 0 Å². The van der Waals surface area contributed by atoms with Crippen molar-refractivity contribution >= 4 is 0 Å². The molecule has 0 fully saturated rings. The molecule has 0 radical (unpaired) electrons. The van der Waals surface area contributed by atoms with Crippen LogP contribution in [0, 0.1) is 5.92 Å². The predicted molar refractivity (Wildman–Crippen MR) is 76.0 cm³/mol. The van der Waals surface area contributed by atoms with Gasteiger partial charge in [-0.25, -0.2) is 0 Å². The first kappa shape index (κ1) is 15.1. The summed E-state index contributed by atoms with van der Waals surface area (Å²) in [4.78, 5) is 0. The van der Waals surface area contributed by atoms with Crippen molar-refractivity contribution in [3.05, 3.63) is 11.3 Å². The molecule has 1 aromatic heterocycles. The molecule has 0 bridgehead atoms. The zero-order valence-electron chi connectivity index (χ0n) is 12.7. The van der Waals surface area contributed by atoms with Crippen LogP contribution < -0.4 is 0 Å². The standard InChI is InChI=1S/C15H28N2O/c1-7-8-9-13-12(10-11(2)3)14(18)16-17(13)15(4,5)6/h11H,7-10H2,1-6H3,(H,16,18). The van der Waals surface area contributed by atoms with Crippen molar-refractivity contribution in [2.24, 2.45) is 5.92 Å². The highest BCUT2D eigenvalue weighted by Crippen LogP contribution is 2.29. The molecule has 18 heavy (non-hydrogen) atoms. The van der Waals surface area contributed by atoms with E-state index in [9.17, 15) is 5.11 Å². The van der Waals surface area contributed by atoms with E-state index in [4.69, 9.17) is 0 Å². The summed E-state index contributed by atoms with van der Waals surface area (Å²) in [5, 5.41) is 14.5. The van der Waals surface area contributed by atoms with Gasteiger partial charge in [-0.1, -0.05) is 27.2 Å². The number of nitrogens with zero attached hydrogens (tertiary/aromatic N) is 2. The number of aromatic nitrogens is 2. The normalized spacial score (nSPS) is 12.4. The van der Waals surface area contributed by atoms with Gasteiger partial charge in [0.2, 0.25) is 5.88 Å². The summed E-state index contributed by atoms with van der Waals surface area (Å²) in [6, 6.07) is 0. The van der Waals surface area contributed by atoms with E-state index in [1.165, 1.54) is 5.69 Å². The summed E-state index contributed by atoms with van der Waals surface area (Å²) in [6.07, 6.45) is 4.22. The number of unbranched alkanes of at least 4 members (excludes halogenated alkanes) is 1. The Labute approximate surface area is 111 Å². The molecular weight excluding hydrogens is 224 g/mol. The molecule has 0 aliphatic rings. The average Bonchev–Trinajstić information content (AvgIpc) is 2.52. The van der Waals surface area contributed by atoms with Gasteiger partial charge in [-0.15, -0.1) is 5.10 Å². The molecule has 0 aliphatic heterocycles. The van der Waals surface area contributed by atoms with Crippen molar-refractivity contribution in [1.82, 2.24) is 9.78 Å². The van der Waals surface area contributed by atoms with Crippen molar-refractivity contribution < 1.29 is 5.11 Å². The molecular formula is C15H28N2O. The topological polar surface area (TPSA) is 38.1 Å². The van der Waals surface area contributed by atoms with E-state index in [1.54, 1.807) is 0 Å². The molecule has 1 heterocycles. The van der Waals surface area contributed by atoms with Crippen molar-refractivity contribution in [2.45, 2.75) is 72.8 Å². The van der Waals surface area contributed by atoms with Crippen LogP contribution in [0.25, 0.3) is 0 Å². The summed E-state index contributed by atoms with van der Waals surface area (Å²) in [6.45, 7) is 12.9. The summed E-state index contributed by atoms with van der Waals surface area (Å²) in [7, 11) is 0. The minimum absolute atomic E-state index is 0.0736. The SMILES string of the molecule is CCCCc1c(CC(C)C)c(O)nn1C(C)(C)C. The lowest BCUT2D eigenvalue weighted by atomic mass is 9.99. The van der Waals surface area contributed by atoms with E-state index in [-0.39, 0.29) is 11.4 Å². The van der Waals surface area contributed by atoms with Crippen molar-refractivity contribution in [2.75, 3.05) is 0 Å². The lowest BCUT2D eigenvalue weighted by molar-refractivity contribution is 0.328. The Kier molecular flexibility index (Phi) is 4.83. The summed E-state index contributed by atoms with van der Waals surface area (Å²) in [5.74, 6) is 0.763. The number of hydrogen-bond acceptors (Lipinski definition) is 2. The van der Waals surface area contributed by atoms with Gasteiger partial charge in [0.25, 0.3) is 0 Å². The Morgan fingerprint density at radius 1 is 1.28 bits per heavy atom. The van der Waals surface area contributed by atoms with Crippen LogP contribution in [-0.4, -0.2) is 14.9 Å². The second kappa shape index (κ2) is 5.77. The number of rotatable bonds is 5. The zero-order valence-corrected chi connectivity index (χ0v) is 12.7. The van der Waals surface area contributed by atoms with Gasteiger partial charge in [-0.3, -0.25) is 4.68 Å². The maximum atomic E-state index is 10.1. The van der Waals surface area contributed by atoms with Gasteiger partial charge in [-0.2, -0.15) is 0 Å². The van der Waals surface area contributed by atoms with Gasteiger partial charge in [0.15, 0.2) is 0 Å². The Balaban J connectivity index is 3.19.